The van der Waals surface area contributed by atoms with Crippen LogP contribution in [0.25, 0.3) is 0 Å². The van der Waals surface area contributed by atoms with Crippen LogP contribution < -0.4 is 0 Å². The first kappa shape index (κ1) is 13.0. The van der Waals surface area contributed by atoms with Gasteiger partial charge in [0.25, 0.3) is 0 Å². The van der Waals surface area contributed by atoms with Gasteiger partial charge < -0.3 is 0 Å². The molecule has 0 aromatic heterocycles. The SMILES string of the molecule is C=C[N+](CC)(CC)CCCc1ccccc1. The van der Waals surface area contributed by atoms with Crippen LogP contribution >= 0.6 is 0 Å². The number of rotatable bonds is 7. The molecular weight excluding hydrogens is 194 g/mol. The van der Waals surface area contributed by atoms with E-state index in [2.05, 4.69) is 57.0 Å². The Morgan fingerprint density at radius 2 is 1.75 bits per heavy atom. The summed E-state index contributed by atoms with van der Waals surface area (Å²) in [6, 6.07) is 10.7. The second kappa shape index (κ2) is 6.49. The van der Waals surface area contributed by atoms with Gasteiger partial charge in [0.05, 0.1) is 25.8 Å². The van der Waals surface area contributed by atoms with Gasteiger partial charge >= 0.3 is 0 Å². The molecule has 0 amide bonds. The van der Waals surface area contributed by atoms with Gasteiger partial charge in [0.1, 0.15) is 0 Å². The summed E-state index contributed by atoms with van der Waals surface area (Å²) in [5.41, 5.74) is 1.44. The Balaban J connectivity index is 2.42. The van der Waals surface area contributed by atoms with Crippen LogP contribution in [-0.4, -0.2) is 24.1 Å². The monoisotopic (exact) mass is 218 g/mol. The third-order valence-electron chi connectivity index (χ3n) is 3.56. The van der Waals surface area contributed by atoms with Gasteiger partial charge in [-0.3, -0.25) is 4.48 Å². The van der Waals surface area contributed by atoms with Gasteiger partial charge in [-0.25, -0.2) is 0 Å². The number of hydrogen-bond acceptors (Lipinski definition) is 0. The first-order valence-electron chi connectivity index (χ1n) is 6.29. The molecule has 0 aliphatic carbocycles. The van der Waals surface area contributed by atoms with Crippen LogP contribution in [0.4, 0.5) is 0 Å². The Bertz CT molecular complexity index is 298. The van der Waals surface area contributed by atoms with E-state index >= 15 is 0 Å². The molecule has 1 heteroatoms. The normalized spacial score (nSPS) is 11.4. The van der Waals surface area contributed by atoms with E-state index < -0.39 is 0 Å². The summed E-state index contributed by atoms with van der Waals surface area (Å²) >= 11 is 0. The lowest BCUT2D eigenvalue weighted by Gasteiger charge is -2.32. The van der Waals surface area contributed by atoms with Crippen molar-refractivity contribution in [3.05, 3.63) is 48.7 Å². The van der Waals surface area contributed by atoms with E-state index in [1.807, 2.05) is 0 Å². The standard InChI is InChI=1S/C15H24N/c1-4-16(5-2,6-3)14-10-13-15-11-8-7-9-12-15/h4,7-9,11-12H,1,5-6,10,13-14H2,2-3H3/q+1. The van der Waals surface area contributed by atoms with E-state index in [0.29, 0.717) is 0 Å². The molecule has 1 rings (SSSR count). The van der Waals surface area contributed by atoms with E-state index in [1.165, 1.54) is 24.9 Å². The number of benzene rings is 1. The Morgan fingerprint density at radius 1 is 1.12 bits per heavy atom. The predicted molar refractivity (Wildman–Crippen MR) is 71.2 cm³/mol. The highest BCUT2D eigenvalue weighted by Crippen LogP contribution is 2.11. The molecule has 88 valence electrons. The van der Waals surface area contributed by atoms with Gasteiger partial charge in [0.15, 0.2) is 0 Å². The minimum atomic E-state index is 1.03. The van der Waals surface area contributed by atoms with Crippen molar-refractivity contribution in [1.29, 1.82) is 0 Å². The molecule has 1 nitrogen and oxygen atoms in total. The van der Waals surface area contributed by atoms with Crippen molar-refractivity contribution in [2.24, 2.45) is 0 Å². The second-order valence-electron chi connectivity index (χ2n) is 4.35. The minimum Gasteiger partial charge on any atom is -0.298 e. The zero-order valence-corrected chi connectivity index (χ0v) is 10.7. The Labute approximate surface area is 100.0 Å². The molecule has 0 bridgehead atoms. The maximum Gasteiger partial charge on any atom is 0.0885 e. The quantitative estimate of drug-likeness (QED) is 0.613. The van der Waals surface area contributed by atoms with Gasteiger partial charge in [-0.1, -0.05) is 30.3 Å². The number of aryl methyl sites for hydroxylation is 1. The lowest BCUT2D eigenvalue weighted by molar-refractivity contribution is -0.875. The zero-order chi connectivity index (χ0) is 11.9. The first-order chi connectivity index (χ1) is 7.76. The molecular formula is C15H24N+. The van der Waals surface area contributed by atoms with Crippen molar-refractivity contribution in [3.63, 3.8) is 0 Å². The van der Waals surface area contributed by atoms with Crippen LogP contribution in [0.3, 0.4) is 0 Å². The fraction of sp³-hybridized carbons (Fsp3) is 0.467. The van der Waals surface area contributed by atoms with Crippen molar-refractivity contribution in [1.82, 2.24) is 0 Å². The van der Waals surface area contributed by atoms with Gasteiger partial charge in [-0.2, -0.15) is 0 Å². The summed E-state index contributed by atoms with van der Waals surface area (Å²) in [5, 5.41) is 0. The lowest BCUT2D eigenvalue weighted by Crippen LogP contribution is -2.43. The molecule has 1 aromatic carbocycles. The fourth-order valence-electron chi connectivity index (χ4n) is 2.13. The fourth-order valence-corrected chi connectivity index (χ4v) is 2.13. The highest BCUT2D eigenvalue weighted by molar-refractivity contribution is 5.14. The number of quaternary nitrogens is 1. The smallest absolute Gasteiger partial charge is 0.0885 e. The Kier molecular flexibility index (Phi) is 5.27. The average molecular weight is 218 g/mol. The van der Waals surface area contributed by atoms with Crippen LogP contribution in [-0.2, 0) is 6.42 Å². The van der Waals surface area contributed by atoms with Crippen LogP contribution in [0.5, 0.6) is 0 Å². The first-order valence-corrected chi connectivity index (χ1v) is 6.29. The van der Waals surface area contributed by atoms with Gasteiger partial charge in [0.2, 0.25) is 0 Å². The van der Waals surface area contributed by atoms with Crippen molar-refractivity contribution < 1.29 is 4.48 Å². The number of nitrogens with zero attached hydrogens (tertiary/aromatic N) is 1. The van der Waals surface area contributed by atoms with Crippen molar-refractivity contribution in [2.45, 2.75) is 26.7 Å². The Morgan fingerprint density at radius 3 is 2.25 bits per heavy atom. The molecule has 0 heterocycles. The van der Waals surface area contributed by atoms with E-state index in [0.717, 1.165) is 17.6 Å². The predicted octanol–water partition coefficient (Wildman–Crippen LogP) is 3.62. The second-order valence-corrected chi connectivity index (χ2v) is 4.35. The Hall–Kier alpha value is -1.08. The van der Waals surface area contributed by atoms with Gasteiger partial charge in [-0.15, -0.1) is 0 Å². The van der Waals surface area contributed by atoms with Crippen LogP contribution in [0.15, 0.2) is 43.1 Å². The summed E-state index contributed by atoms with van der Waals surface area (Å²) in [4.78, 5) is 0. The summed E-state index contributed by atoms with van der Waals surface area (Å²) in [6.07, 6.45) is 4.51. The van der Waals surface area contributed by atoms with Crippen molar-refractivity contribution in [3.8, 4) is 0 Å². The molecule has 0 fully saturated rings. The highest BCUT2D eigenvalue weighted by atomic mass is 15.3. The van der Waals surface area contributed by atoms with Crippen molar-refractivity contribution >= 4 is 0 Å². The van der Waals surface area contributed by atoms with Gasteiger partial charge in [-0.05, 0) is 32.4 Å². The summed E-state index contributed by atoms with van der Waals surface area (Å²) in [5.74, 6) is 0. The van der Waals surface area contributed by atoms with Crippen LogP contribution in [0, 0.1) is 0 Å². The average Bonchev–Trinajstić information content (AvgIpc) is 2.37. The molecule has 0 saturated carbocycles. The van der Waals surface area contributed by atoms with E-state index in [9.17, 15) is 0 Å². The minimum absolute atomic E-state index is 1.03. The molecule has 0 atom stereocenters. The molecule has 0 radical (unpaired) electrons. The topological polar surface area (TPSA) is 0 Å². The van der Waals surface area contributed by atoms with E-state index in [-0.39, 0.29) is 0 Å². The lowest BCUT2D eigenvalue weighted by atomic mass is 10.1. The largest absolute Gasteiger partial charge is 0.298 e. The van der Waals surface area contributed by atoms with Gasteiger partial charge in [0, 0.05) is 6.42 Å². The molecule has 0 unspecified atom stereocenters. The molecule has 0 saturated heterocycles. The molecule has 0 aliphatic heterocycles. The van der Waals surface area contributed by atoms with Crippen molar-refractivity contribution in [2.75, 3.05) is 19.6 Å². The van der Waals surface area contributed by atoms with E-state index in [4.69, 9.17) is 0 Å². The molecule has 16 heavy (non-hydrogen) atoms. The molecule has 1 aromatic rings. The summed E-state index contributed by atoms with van der Waals surface area (Å²) in [7, 11) is 0. The molecule has 0 aliphatic rings. The molecule has 0 N–H and O–H groups in total. The third-order valence-corrected chi connectivity index (χ3v) is 3.56. The summed E-state index contributed by atoms with van der Waals surface area (Å²) in [6.45, 7) is 12.0. The van der Waals surface area contributed by atoms with Crippen LogP contribution in [0.1, 0.15) is 25.8 Å². The third kappa shape index (κ3) is 3.49. The van der Waals surface area contributed by atoms with E-state index in [1.54, 1.807) is 0 Å². The maximum atomic E-state index is 3.97. The maximum absolute atomic E-state index is 3.97. The zero-order valence-electron chi connectivity index (χ0n) is 10.7. The highest BCUT2D eigenvalue weighted by Gasteiger charge is 2.18. The summed E-state index contributed by atoms with van der Waals surface area (Å²) < 4.78 is 1.03. The number of hydrogen-bond donors (Lipinski definition) is 0. The van der Waals surface area contributed by atoms with Crippen LogP contribution in [0.2, 0.25) is 0 Å². The molecule has 0 spiro atoms.